The highest BCUT2D eigenvalue weighted by molar-refractivity contribution is 7.71. The van der Waals surface area contributed by atoms with Crippen LogP contribution in [0.25, 0.3) is 21.9 Å². The number of allylic oxidation sites excluding steroid dienone is 1. The Kier molecular flexibility index (Phi) is 2.72. The van der Waals surface area contributed by atoms with E-state index < -0.39 is 0 Å². The van der Waals surface area contributed by atoms with Gasteiger partial charge in [0.2, 0.25) is 0 Å². The quantitative estimate of drug-likeness (QED) is 0.570. The summed E-state index contributed by atoms with van der Waals surface area (Å²) in [4.78, 5) is 7.64. The Hall–Kier alpha value is -1.94. The number of benzene rings is 1. The Balaban J connectivity index is 2.39. The molecule has 0 bridgehead atoms. The van der Waals surface area contributed by atoms with E-state index in [0.29, 0.717) is 0 Å². The standard InChI is InChI=1S/C14H13N3S/c1-2-3-8-17-13-10-6-4-5-7-11(10)15-9-12(13)16-14(17)18/h2,4-7,9H,1,3,8H2,(H,16,18). The lowest BCUT2D eigenvalue weighted by atomic mass is 10.2. The van der Waals surface area contributed by atoms with Crippen LogP contribution in [0.1, 0.15) is 6.42 Å². The lowest BCUT2D eigenvalue weighted by molar-refractivity contribution is 0.723. The van der Waals surface area contributed by atoms with Crippen molar-refractivity contribution in [1.82, 2.24) is 14.5 Å². The number of fused-ring (bicyclic) bond motifs is 3. The number of imidazole rings is 1. The number of H-pyrrole nitrogens is 1. The zero-order valence-electron chi connectivity index (χ0n) is 9.89. The van der Waals surface area contributed by atoms with Crippen LogP contribution in [0.4, 0.5) is 0 Å². The Bertz CT molecular complexity index is 782. The first-order valence-electron chi connectivity index (χ1n) is 5.88. The average molecular weight is 255 g/mol. The molecule has 0 radical (unpaired) electrons. The molecule has 0 aliphatic rings. The number of pyridine rings is 1. The van der Waals surface area contributed by atoms with Crippen molar-refractivity contribution in [3.63, 3.8) is 0 Å². The Morgan fingerprint density at radius 2 is 2.22 bits per heavy atom. The highest BCUT2D eigenvalue weighted by atomic mass is 32.1. The summed E-state index contributed by atoms with van der Waals surface area (Å²) < 4.78 is 2.86. The maximum atomic E-state index is 5.37. The van der Waals surface area contributed by atoms with E-state index in [0.717, 1.165) is 39.7 Å². The van der Waals surface area contributed by atoms with Crippen molar-refractivity contribution in [2.24, 2.45) is 0 Å². The van der Waals surface area contributed by atoms with Crippen LogP contribution in [0.15, 0.2) is 43.1 Å². The largest absolute Gasteiger partial charge is 0.329 e. The predicted molar refractivity (Wildman–Crippen MR) is 77.2 cm³/mol. The SMILES string of the molecule is C=CCCn1c(=S)[nH]c2cnc3ccccc3c21. The molecule has 90 valence electrons. The molecule has 3 aromatic rings. The van der Waals surface area contributed by atoms with Crippen molar-refractivity contribution in [2.45, 2.75) is 13.0 Å². The molecule has 2 heterocycles. The fraction of sp³-hybridized carbons (Fsp3) is 0.143. The van der Waals surface area contributed by atoms with Crippen molar-refractivity contribution in [3.8, 4) is 0 Å². The van der Waals surface area contributed by atoms with Crippen LogP contribution in [0.2, 0.25) is 0 Å². The number of para-hydroxylation sites is 1. The van der Waals surface area contributed by atoms with Crippen LogP contribution in [-0.4, -0.2) is 14.5 Å². The first kappa shape index (κ1) is 11.2. The van der Waals surface area contributed by atoms with Gasteiger partial charge in [-0.25, -0.2) is 0 Å². The van der Waals surface area contributed by atoms with E-state index in [1.807, 2.05) is 30.5 Å². The van der Waals surface area contributed by atoms with E-state index in [4.69, 9.17) is 12.2 Å². The molecular formula is C14H13N3S. The molecule has 0 fully saturated rings. The van der Waals surface area contributed by atoms with Crippen LogP contribution in [0, 0.1) is 4.77 Å². The Morgan fingerprint density at radius 1 is 1.39 bits per heavy atom. The summed E-state index contributed by atoms with van der Waals surface area (Å²) in [5.74, 6) is 0. The number of hydrogen-bond acceptors (Lipinski definition) is 2. The molecule has 0 aliphatic heterocycles. The second-order valence-corrected chi connectivity index (χ2v) is 4.58. The molecule has 3 rings (SSSR count). The van der Waals surface area contributed by atoms with Crippen LogP contribution >= 0.6 is 12.2 Å². The van der Waals surface area contributed by atoms with Gasteiger partial charge in [-0.2, -0.15) is 0 Å². The molecule has 4 heteroatoms. The molecule has 1 N–H and O–H groups in total. The number of nitrogens with one attached hydrogen (secondary N) is 1. The Labute approximate surface area is 110 Å². The van der Waals surface area contributed by atoms with Crippen molar-refractivity contribution < 1.29 is 0 Å². The second-order valence-electron chi connectivity index (χ2n) is 4.20. The van der Waals surface area contributed by atoms with Gasteiger partial charge in [0.1, 0.15) is 0 Å². The molecular weight excluding hydrogens is 242 g/mol. The van der Waals surface area contributed by atoms with Crippen LogP contribution in [0.3, 0.4) is 0 Å². The van der Waals surface area contributed by atoms with E-state index in [2.05, 4.69) is 27.2 Å². The fourth-order valence-corrected chi connectivity index (χ4v) is 2.52. The molecule has 3 nitrogen and oxygen atoms in total. The van der Waals surface area contributed by atoms with E-state index in [9.17, 15) is 0 Å². The zero-order valence-corrected chi connectivity index (χ0v) is 10.7. The van der Waals surface area contributed by atoms with Gasteiger partial charge in [0.15, 0.2) is 4.77 Å². The summed E-state index contributed by atoms with van der Waals surface area (Å²) in [5.41, 5.74) is 3.11. The lowest BCUT2D eigenvalue weighted by Crippen LogP contribution is -1.97. The number of nitrogens with zero attached hydrogens (tertiary/aromatic N) is 2. The first-order chi connectivity index (χ1) is 8.81. The van der Waals surface area contributed by atoms with Gasteiger partial charge in [-0.3, -0.25) is 4.98 Å². The van der Waals surface area contributed by atoms with E-state index in [1.54, 1.807) is 0 Å². The maximum absolute atomic E-state index is 5.37. The molecule has 0 spiro atoms. The van der Waals surface area contributed by atoms with Gasteiger partial charge < -0.3 is 9.55 Å². The van der Waals surface area contributed by atoms with Gasteiger partial charge in [-0.05, 0) is 24.7 Å². The van der Waals surface area contributed by atoms with Gasteiger partial charge in [0, 0.05) is 11.9 Å². The van der Waals surface area contributed by atoms with Crippen molar-refractivity contribution in [2.75, 3.05) is 0 Å². The zero-order chi connectivity index (χ0) is 12.5. The number of aromatic amines is 1. The smallest absolute Gasteiger partial charge is 0.178 e. The number of rotatable bonds is 3. The van der Waals surface area contributed by atoms with Crippen molar-refractivity contribution in [3.05, 3.63) is 47.9 Å². The van der Waals surface area contributed by atoms with E-state index in [1.165, 1.54) is 0 Å². The molecule has 0 aliphatic carbocycles. The van der Waals surface area contributed by atoms with Gasteiger partial charge in [0.25, 0.3) is 0 Å². The number of hydrogen-bond donors (Lipinski definition) is 1. The third kappa shape index (κ3) is 1.66. The Morgan fingerprint density at radius 3 is 3.06 bits per heavy atom. The van der Waals surface area contributed by atoms with Gasteiger partial charge in [0.05, 0.1) is 22.7 Å². The normalized spacial score (nSPS) is 11.1. The average Bonchev–Trinajstić information content (AvgIpc) is 2.72. The third-order valence-corrected chi connectivity index (χ3v) is 3.38. The molecule has 0 saturated heterocycles. The lowest BCUT2D eigenvalue weighted by Gasteiger charge is -2.04. The first-order valence-corrected chi connectivity index (χ1v) is 6.29. The predicted octanol–water partition coefficient (Wildman–Crippen LogP) is 3.82. The molecule has 0 unspecified atom stereocenters. The van der Waals surface area contributed by atoms with Crippen LogP contribution < -0.4 is 0 Å². The summed E-state index contributed by atoms with van der Waals surface area (Å²) in [6, 6.07) is 8.12. The second kappa shape index (κ2) is 4.38. The summed E-state index contributed by atoms with van der Waals surface area (Å²) in [6.07, 6.45) is 4.65. The minimum absolute atomic E-state index is 0.741. The van der Waals surface area contributed by atoms with Gasteiger partial charge >= 0.3 is 0 Å². The molecule has 1 aromatic carbocycles. The van der Waals surface area contributed by atoms with Crippen LogP contribution in [-0.2, 0) is 6.54 Å². The topological polar surface area (TPSA) is 33.6 Å². The fourth-order valence-electron chi connectivity index (χ4n) is 2.23. The van der Waals surface area contributed by atoms with Crippen molar-refractivity contribution in [1.29, 1.82) is 0 Å². The molecule has 18 heavy (non-hydrogen) atoms. The van der Waals surface area contributed by atoms with Gasteiger partial charge in [-0.15, -0.1) is 6.58 Å². The summed E-state index contributed by atoms with van der Waals surface area (Å²) >= 11 is 5.37. The summed E-state index contributed by atoms with van der Waals surface area (Å²) in [5, 5.41) is 1.13. The monoisotopic (exact) mass is 255 g/mol. The minimum Gasteiger partial charge on any atom is -0.329 e. The molecule has 0 atom stereocenters. The summed E-state index contributed by atoms with van der Waals surface area (Å²) in [6.45, 7) is 4.61. The minimum atomic E-state index is 0.741. The number of aryl methyl sites for hydroxylation is 1. The molecule has 0 saturated carbocycles. The number of aromatic nitrogens is 3. The highest BCUT2D eigenvalue weighted by Crippen LogP contribution is 2.23. The van der Waals surface area contributed by atoms with E-state index in [-0.39, 0.29) is 0 Å². The van der Waals surface area contributed by atoms with Gasteiger partial charge in [-0.1, -0.05) is 24.3 Å². The molecule has 2 aromatic heterocycles. The maximum Gasteiger partial charge on any atom is 0.178 e. The highest BCUT2D eigenvalue weighted by Gasteiger charge is 2.08. The third-order valence-electron chi connectivity index (χ3n) is 3.06. The summed E-state index contributed by atoms with van der Waals surface area (Å²) in [7, 11) is 0. The van der Waals surface area contributed by atoms with E-state index >= 15 is 0 Å². The van der Waals surface area contributed by atoms with Crippen LogP contribution in [0.5, 0.6) is 0 Å². The molecule has 0 amide bonds. The van der Waals surface area contributed by atoms with Crippen molar-refractivity contribution >= 4 is 34.2 Å².